The molecule has 0 saturated heterocycles. The van der Waals surface area contributed by atoms with E-state index in [1.807, 2.05) is 42.5 Å². The molecule has 0 radical (unpaired) electrons. The van der Waals surface area contributed by atoms with E-state index in [-0.39, 0.29) is 0 Å². The molecule has 0 saturated carbocycles. The molecule has 0 bridgehead atoms. The van der Waals surface area contributed by atoms with Crippen molar-refractivity contribution in [3.8, 4) is 5.75 Å². The molecule has 2 aromatic carbocycles. The summed E-state index contributed by atoms with van der Waals surface area (Å²) in [6.45, 7) is 0. The fraction of sp³-hybridized carbons (Fsp3) is 0.118. The Balaban J connectivity index is 2.05. The predicted molar refractivity (Wildman–Crippen MR) is 78.8 cm³/mol. The summed E-state index contributed by atoms with van der Waals surface area (Å²) in [5, 5.41) is 12.8. The van der Waals surface area contributed by atoms with Crippen molar-refractivity contribution in [3.63, 3.8) is 0 Å². The van der Waals surface area contributed by atoms with Crippen molar-refractivity contribution in [2.75, 3.05) is 7.11 Å². The van der Waals surface area contributed by atoms with E-state index in [4.69, 9.17) is 4.74 Å². The van der Waals surface area contributed by atoms with E-state index in [1.54, 1.807) is 25.4 Å². The van der Waals surface area contributed by atoms with Gasteiger partial charge >= 0.3 is 0 Å². The molecular weight excluding hydrogens is 250 g/mol. The molecule has 1 unspecified atom stereocenters. The van der Waals surface area contributed by atoms with Crippen molar-refractivity contribution in [3.05, 3.63) is 72.1 Å². The molecule has 3 rings (SSSR count). The minimum Gasteiger partial charge on any atom is -0.495 e. The number of nitrogens with zero attached hydrogens (tertiary/aromatic N) is 1. The van der Waals surface area contributed by atoms with E-state index in [2.05, 4.69) is 4.98 Å². The van der Waals surface area contributed by atoms with Crippen molar-refractivity contribution in [1.29, 1.82) is 0 Å². The molecule has 100 valence electrons. The smallest absolute Gasteiger partial charge is 0.143 e. The number of pyridine rings is 1. The van der Waals surface area contributed by atoms with Crippen molar-refractivity contribution in [2.24, 2.45) is 0 Å². The van der Waals surface area contributed by atoms with E-state index in [0.29, 0.717) is 11.4 Å². The number of hydrogen-bond donors (Lipinski definition) is 1. The third-order valence-corrected chi connectivity index (χ3v) is 3.37. The monoisotopic (exact) mass is 265 g/mol. The molecule has 0 aliphatic rings. The second-order valence-electron chi connectivity index (χ2n) is 4.60. The van der Waals surface area contributed by atoms with Crippen LogP contribution in [0.1, 0.15) is 17.4 Å². The Kier molecular flexibility index (Phi) is 3.35. The van der Waals surface area contributed by atoms with E-state index in [1.165, 1.54) is 0 Å². The third-order valence-electron chi connectivity index (χ3n) is 3.37. The highest BCUT2D eigenvalue weighted by Gasteiger charge is 2.16. The van der Waals surface area contributed by atoms with Gasteiger partial charge in [-0.2, -0.15) is 0 Å². The maximum atomic E-state index is 10.5. The van der Waals surface area contributed by atoms with Crippen LogP contribution in [0.4, 0.5) is 0 Å². The zero-order chi connectivity index (χ0) is 13.9. The van der Waals surface area contributed by atoms with Crippen LogP contribution in [0.15, 0.2) is 60.8 Å². The topological polar surface area (TPSA) is 42.4 Å². The molecule has 3 aromatic rings. The van der Waals surface area contributed by atoms with Crippen LogP contribution in [-0.4, -0.2) is 17.2 Å². The van der Waals surface area contributed by atoms with Crippen LogP contribution in [-0.2, 0) is 0 Å². The highest BCUT2D eigenvalue weighted by atomic mass is 16.5. The summed E-state index contributed by atoms with van der Waals surface area (Å²) in [6, 6.07) is 17.6. The summed E-state index contributed by atoms with van der Waals surface area (Å²) < 4.78 is 5.25. The standard InChI is InChI=1S/C17H15NO2/c1-20-15-7-4-10-18-16(15)17(19)14-9-8-12-5-2-3-6-13(12)11-14/h2-11,17,19H,1H3. The first-order chi connectivity index (χ1) is 9.79. The quantitative estimate of drug-likeness (QED) is 0.790. The lowest BCUT2D eigenvalue weighted by atomic mass is 10.0. The molecule has 0 amide bonds. The van der Waals surface area contributed by atoms with Crippen LogP contribution in [0.25, 0.3) is 10.8 Å². The number of hydrogen-bond acceptors (Lipinski definition) is 3. The second kappa shape index (κ2) is 5.31. The first-order valence-electron chi connectivity index (χ1n) is 6.45. The SMILES string of the molecule is COc1cccnc1C(O)c1ccc2ccccc2c1. The van der Waals surface area contributed by atoms with Crippen LogP contribution in [0.5, 0.6) is 5.75 Å². The number of ether oxygens (including phenoxy) is 1. The lowest BCUT2D eigenvalue weighted by molar-refractivity contribution is 0.209. The number of fused-ring (bicyclic) bond motifs is 1. The third kappa shape index (κ3) is 2.24. The van der Waals surface area contributed by atoms with Crippen molar-refractivity contribution < 1.29 is 9.84 Å². The number of methoxy groups -OCH3 is 1. The lowest BCUT2D eigenvalue weighted by Crippen LogP contribution is -2.04. The van der Waals surface area contributed by atoms with E-state index in [0.717, 1.165) is 16.3 Å². The maximum absolute atomic E-state index is 10.5. The summed E-state index contributed by atoms with van der Waals surface area (Å²) in [7, 11) is 1.58. The van der Waals surface area contributed by atoms with Gasteiger partial charge in [-0.1, -0.05) is 36.4 Å². The Bertz CT molecular complexity index is 740. The Morgan fingerprint density at radius 1 is 1.00 bits per heavy atom. The summed E-state index contributed by atoms with van der Waals surface area (Å²) in [5.74, 6) is 0.591. The summed E-state index contributed by atoms with van der Waals surface area (Å²) >= 11 is 0. The highest BCUT2D eigenvalue weighted by molar-refractivity contribution is 5.83. The average Bonchev–Trinajstić information content (AvgIpc) is 2.53. The van der Waals surface area contributed by atoms with Crippen LogP contribution >= 0.6 is 0 Å². The fourth-order valence-electron chi connectivity index (χ4n) is 2.32. The van der Waals surface area contributed by atoms with E-state index >= 15 is 0 Å². The fourth-order valence-corrected chi connectivity index (χ4v) is 2.32. The van der Waals surface area contributed by atoms with Crippen molar-refractivity contribution in [2.45, 2.75) is 6.10 Å². The number of aliphatic hydroxyl groups excluding tert-OH is 1. The van der Waals surface area contributed by atoms with Gasteiger partial charge in [-0.25, -0.2) is 0 Å². The van der Waals surface area contributed by atoms with Gasteiger partial charge in [0.2, 0.25) is 0 Å². The van der Waals surface area contributed by atoms with Crippen LogP contribution in [0.2, 0.25) is 0 Å². The van der Waals surface area contributed by atoms with Crippen molar-refractivity contribution in [1.82, 2.24) is 4.98 Å². The highest BCUT2D eigenvalue weighted by Crippen LogP contribution is 2.29. The number of rotatable bonds is 3. The van der Waals surface area contributed by atoms with Gasteiger partial charge in [-0.05, 0) is 34.5 Å². The lowest BCUT2D eigenvalue weighted by Gasteiger charge is -2.14. The molecular formula is C17H15NO2. The molecule has 0 aliphatic heterocycles. The number of aliphatic hydroxyl groups is 1. The zero-order valence-corrected chi connectivity index (χ0v) is 11.2. The summed E-state index contributed by atoms with van der Waals surface area (Å²) in [5.41, 5.74) is 1.34. The van der Waals surface area contributed by atoms with Gasteiger partial charge < -0.3 is 9.84 Å². The van der Waals surface area contributed by atoms with Gasteiger partial charge in [-0.15, -0.1) is 0 Å². The predicted octanol–water partition coefficient (Wildman–Crippen LogP) is 3.33. The van der Waals surface area contributed by atoms with E-state index in [9.17, 15) is 5.11 Å². The summed E-state index contributed by atoms with van der Waals surface area (Å²) in [6.07, 6.45) is 0.859. The van der Waals surface area contributed by atoms with Gasteiger partial charge in [0.05, 0.1) is 7.11 Å². The molecule has 1 N–H and O–H groups in total. The molecule has 0 spiro atoms. The molecule has 0 aliphatic carbocycles. The Morgan fingerprint density at radius 3 is 2.60 bits per heavy atom. The van der Waals surface area contributed by atoms with E-state index < -0.39 is 6.10 Å². The number of benzene rings is 2. The molecule has 3 heteroatoms. The average molecular weight is 265 g/mol. The molecule has 1 atom stereocenters. The Labute approximate surface area is 117 Å². The summed E-state index contributed by atoms with van der Waals surface area (Å²) in [4.78, 5) is 4.23. The van der Waals surface area contributed by atoms with Crippen LogP contribution < -0.4 is 4.74 Å². The van der Waals surface area contributed by atoms with Crippen molar-refractivity contribution >= 4 is 10.8 Å². The second-order valence-corrected chi connectivity index (χ2v) is 4.60. The van der Waals surface area contributed by atoms with Crippen LogP contribution in [0.3, 0.4) is 0 Å². The molecule has 1 heterocycles. The molecule has 1 aromatic heterocycles. The molecule has 0 fully saturated rings. The van der Waals surface area contributed by atoms with Crippen LogP contribution in [0, 0.1) is 0 Å². The molecule has 3 nitrogen and oxygen atoms in total. The van der Waals surface area contributed by atoms with Gasteiger partial charge in [0.15, 0.2) is 0 Å². The minimum absolute atomic E-state index is 0.533. The zero-order valence-electron chi connectivity index (χ0n) is 11.2. The first kappa shape index (κ1) is 12.6. The molecule has 20 heavy (non-hydrogen) atoms. The Hall–Kier alpha value is -2.39. The Morgan fingerprint density at radius 2 is 1.80 bits per heavy atom. The normalized spacial score (nSPS) is 12.3. The van der Waals surface area contributed by atoms with Gasteiger partial charge in [0.25, 0.3) is 0 Å². The first-order valence-corrected chi connectivity index (χ1v) is 6.45. The van der Waals surface area contributed by atoms with Gasteiger partial charge in [0, 0.05) is 6.20 Å². The van der Waals surface area contributed by atoms with Gasteiger partial charge in [-0.3, -0.25) is 4.98 Å². The largest absolute Gasteiger partial charge is 0.495 e. The maximum Gasteiger partial charge on any atom is 0.143 e. The van der Waals surface area contributed by atoms with Gasteiger partial charge in [0.1, 0.15) is 17.5 Å². The number of aromatic nitrogens is 1. The minimum atomic E-state index is -0.796.